The summed E-state index contributed by atoms with van der Waals surface area (Å²) in [6.07, 6.45) is 0. The molecule has 0 fully saturated rings. The summed E-state index contributed by atoms with van der Waals surface area (Å²) in [6.45, 7) is -0.0852. The van der Waals surface area contributed by atoms with Crippen LogP contribution in [0.4, 0.5) is 11.4 Å². The van der Waals surface area contributed by atoms with Gasteiger partial charge in [-0.1, -0.05) is 15.9 Å². The van der Waals surface area contributed by atoms with E-state index < -0.39 is 0 Å². The largest absolute Gasteiger partial charge is 0.483 e. The molecule has 3 N–H and O–H groups in total. The van der Waals surface area contributed by atoms with Crippen LogP contribution in [0.1, 0.15) is 0 Å². The van der Waals surface area contributed by atoms with Crippen molar-refractivity contribution in [3.8, 4) is 5.75 Å². The maximum atomic E-state index is 11.8. The minimum atomic E-state index is -0.235. The highest BCUT2D eigenvalue weighted by Gasteiger charge is 2.06. The molecule has 0 heterocycles. The number of amides is 1. The van der Waals surface area contributed by atoms with Gasteiger partial charge >= 0.3 is 0 Å². The number of carbonyl (C=O) groups is 1. The highest BCUT2D eigenvalue weighted by atomic mass is 79.9. The van der Waals surface area contributed by atoms with Gasteiger partial charge in [0.15, 0.2) is 6.61 Å². The maximum absolute atomic E-state index is 11.8. The number of nitrogens with two attached hydrogens (primary N) is 1. The normalized spacial score (nSPS) is 10.1. The van der Waals surface area contributed by atoms with Crippen molar-refractivity contribution in [2.24, 2.45) is 0 Å². The van der Waals surface area contributed by atoms with Crippen molar-refractivity contribution in [1.29, 1.82) is 0 Å². The summed E-state index contributed by atoms with van der Waals surface area (Å²) in [6, 6.07) is 12.5. The van der Waals surface area contributed by atoms with Crippen molar-refractivity contribution in [2.75, 3.05) is 17.7 Å². The van der Waals surface area contributed by atoms with E-state index in [1.807, 2.05) is 12.1 Å². The van der Waals surface area contributed by atoms with Gasteiger partial charge < -0.3 is 15.8 Å². The second-order valence-corrected chi connectivity index (χ2v) is 5.80. The minimum absolute atomic E-state index is 0.0852. The van der Waals surface area contributed by atoms with Gasteiger partial charge in [0.25, 0.3) is 5.91 Å². The number of hydrogen-bond donors (Lipinski definition) is 2. The number of benzene rings is 2. The van der Waals surface area contributed by atoms with E-state index in [-0.39, 0.29) is 12.5 Å². The molecular formula is C14H12Br2N2O2. The molecule has 20 heavy (non-hydrogen) atoms. The van der Waals surface area contributed by atoms with Gasteiger partial charge in [-0.2, -0.15) is 0 Å². The molecule has 0 aliphatic carbocycles. The van der Waals surface area contributed by atoms with Crippen molar-refractivity contribution < 1.29 is 9.53 Å². The average Bonchev–Trinajstić information content (AvgIpc) is 2.42. The van der Waals surface area contributed by atoms with Crippen LogP contribution < -0.4 is 15.8 Å². The predicted octanol–water partition coefficient (Wildman–Crippen LogP) is 3.81. The number of nitrogen functional groups attached to an aromatic ring is 1. The Morgan fingerprint density at radius 1 is 1.15 bits per heavy atom. The van der Waals surface area contributed by atoms with Crippen molar-refractivity contribution in [1.82, 2.24) is 0 Å². The van der Waals surface area contributed by atoms with Crippen molar-refractivity contribution >= 4 is 49.1 Å². The summed E-state index contributed by atoms with van der Waals surface area (Å²) in [7, 11) is 0. The SMILES string of the molecule is Nc1ccc(Br)c(OCC(=O)Nc2ccc(Br)cc2)c1. The molecule has 2 aromatic carbocycles. The predicted molar refractivity (Wildman–Crippen MR) is 86.8 cm³/mol. The van der Waals surface area contributed by atoms with Crippen LogP contribution in [0.2, 0.25) is 0 Å². The van der Waals surface area contributed by atoms with Crippen LogP contribution >= 0.6 is 31.9 Å². The Morgan fingerprint density at radius 3 is 2.55 bits per heavy atom. The third-order valence-electron chi connectivity index (χ3n) is 2.44. The van der Waals surface area contributed by atoms with Gasteiger partial charge in [0.05, 0.1) is 4.47 Å². The summed E-state index contributed by atoms with van der Waals surface area (Å²) in [5, 5.41) is 2.74. The van der Waals surface area contributed by atoms with Crippen LogP contribution in [-0.4, -0.2) is 12.5 Å². The number of nitrogens with one attached hydrogen (secondary N) is 1. The monoisotopic (exact) mass is 398 g/mol. The first-order valence-electron chi connectivity index (χ1n) is 5.78. The summed E-state index contributed by atoms with van der Waals surface area (Å²) in [4.78, 5) is 11.8. The zero-order valence-corrected chi connectivity index (χ0v) is 13.6. The van der Waals surface area contributed by atoms with Gasteiger partial charge in [0.1, 0.15) is 5.75 Å². The van der Waals surface area contributed by atoms with E-state index in [0.29, 0.717) is 17.1 Å². The molecule has 4 nitrogen and oxygen atoms in total. The van der Waals surface area contributed by atoms with E-state index in [4.69, 9.17) is 10.5 Å². The van der Waals surface area contributed by atoms with Crippen LogP contribution in [0.25, 0.3) is 0 Å². The van der Waals surface area contributed by atoms with Crippen LogP contribution in [0.15, 0.2) is 51.4 Å². The summed E-state index contributed by atoms with van der Waals surface area (Å²) in [5.74, 6) is 0.303. The zero-order valence-electron chi connectivity index (χ0n) is 10.4. The van der Waals surface area contributed by atoms with Gasteiger partial charge in [-0.15, -0.1) is 0 Å². The first-order chi connectivity index (χ1) is 9.54. The van der Waals surface area contributed by atoms with Gasteiger partial charge in [0.2, 0.25) is 0 Å². The Bertz CT molecular complexity index is 615. The molecule has 0 spiro atoms. The van der Waals surface area contributed by atoms with Crippen molar-refractivity contribution in [3.05, 3.63) is 51.4 Å². The fourth-order valence-corrected chi connectivity index (χ4v) is 2.13. The Kier molecular flexibility index (Phi) is 5.03. The molecule has 6 heteroatoms. The Morgan fingerprint density at radius 2 is 1.85 bits per heavy atom. The highest BCUT2D eigenvalue weighted by Crippen LogP contribution is 2.27. The fourth-order valence-electron chi connectivity index (χ4n) is 1.50. The van der Waals surface area contributed by atoms with Crippen molar-refractivity contribution in [3.63, 3.8) is 0 Å². The number of hydrogen-bond acceptors (Lipinski definition) is 3. The molecule has 0 saturated heterocycles. The summed E-state index contributed by atoms with van der Waals surface area (Å²) >= 11 is 6.67. The fraction of sp³-hybridized carbons (Fsp3) is 0.0714. The lowest BCUT2D eigenvalue weighted by Gasteiger charge is -2.09. The molecule has 0 aliphatic rings. The Labute approximate surface area is 133 Å². The molecular weight excluding hydrogens is 388 g/mol. The second kappa shape index (κ2) is 6.76. The molecule has 0 atom stereocenters. The van der Waals surface area contributed by atoms with Crippen LogP contribution in [0.3, 0.4) is 0 Å². The number of anilines is 2. The first-order valence-corrected chi connectivity index (χ1v) is 7.36. The number of ether oxygens (including phenoxy) is 1. The number of rotatable bonds is 4. The van der Waals surface area contributed by atoms with Crippen LogP contribution in [-0.2, 0) is 4.79 Å². The highest BCUT2D eigenvalue weighted by molar-refractivity contribution is 9.10. The topological polar surface area (TPSA) is 64.3 Å². The summed E-state index contributed by atoms with van der Waals surface area (Å²) < 4.78 is 7.13. The lowest BCUT2D eigenvalue weighted by atomic mass is 10.3. The minimum Gasteiger partial charge on any atom is -0.483 e. The van der Waals surface area contributed by atoms with E-state index in [0.717, 1.165) is 8.95 Å². The van der Waals surface area contributed by atoms with Gasteiger partial charge in [-0.25, -0.2) is 0 Å². The van der Waals surface area contributed by atoms with Gasteiger partial charge in [0, 0.05) is 21.9 Å². The summed E-state index contributed by atoms with van der Waals surface area (Å²) in [5.41, 5.74) is 6.96. The van der Waals surface area contributed by atoms with Crippen molar-refractivity contribution in [2.45, 2.75) is 0 Å². The standard InChI is InChI=1S/C14H12Br2N2O2/c15-9-1-4-11(5-2-9)18-14(19)8-20-13-7-10(17)3-6-12(13)16/h1-7H,8,17H2,(H,18,19). The first kappa shape index (κ1) is 14.9. The number of carbonyl (C=O) groups excluding carboxylic acids is 1. The molecule has 1 amide bonds. The molecule has 0 aromatic heterocycles. The van der Waals surface area contributed by atoms with Crippen LogP contribution in [0, 0.1) is 0 Å². The zero-order chi connectivity index (χ0) is 14.5. The molecule has 0 aliphatic heterocycles. The van der Waals surface area contributed by atoms with Gasteiger partial charge in [-0.3, -0.25) is 4.79 Å². The van der Waals surface area contributed by atoms with Crippen LogP contribution in [0.5, 0.6) is 5.75 Å². The maximum Gasteiger partial charge on any atom is 0.262 e. The Balaban J connectivity index is 1.92. The third kappa shape index (κ3) is 4.25. The van der Waals surface area contributed by atoms with Gasteiger partial charge in [-0.05, 0) is 52.3 Å². The average molecular weight is 400 g/mol. The quantitative estimate of drug-likeness (QED) is 0.768. The molecule has 0 radical (unpaired) electrons. The second-order valence-electron chi connectivity index (χ2n) is 4.03. The van der Waals surface area contributed by atoms with E-state index in [2.05, 4.69) is 37.2 Å². The Hall–Kier alpha value is -1.53. The van der Waals surface area contributed by atoms with E-state index in [1.54, 1.807) is 30.3 Å². The van der Waals surface area contributed by atoms with E-state index in [9.17, 15) is 4.79 Å². The van der Waals surface area contributed by atoms with E-state index in [1.165, 1.54) is 0 Å². The lowest BCUT2D eigenvalue weighted by molar-refractivity contribution is -0.118. The van der Waals surface area contributed by atoms with E-state index >= 15 is 0 Å². The third-order valence-corrected chi connectivity index (χ3v) is 3.63. The number of halogens is 2. The molecule has 0 saturated carbocycles. The molecule has 0 unspecified atom stereocenters. The molecule has 2 rings (SSSR count). The smallest absolute Gasteiger partial charge is 0.262 e. The lowest BCUT2D eigenvalue weighted by Crippen LogP contribution is -2.20. The molecule has 104 valence electrons. The molecule has 2 aromatic rings. The molecule has 0 bridgehead atoms.